The summed E-state index contributed by atoms with van der Waals surface area (Å²) in [7, 11) is 4.09. The van der Waals surface area contributed by atoms with E-state index in [2.05, 4.69) is 20.5 Å². The molecule has 24 heavy (non-hydrogen) atoms. The van der Waals surface area contributed by atoms with E-state index in [4.69, 9.17) is 11.6 Å². The number of pyridine rings is 1. The Labute approximate surface area is 148 Å². The molecule has 1 heterocycles. The molecule has 1 aromatic heterocycles. The number of rotatable bonds is 7. The van der Waals surface area contributed by atoms with E-state index in [1.807, 2.05) is 27.1 Å². The largest absolute Gasteiger partial charge is 0.370 e. The minimum atomic E-state index is -0.181. The maximum absolute atomic E-state index is 12.4. The number of anilines is 2. The van der Waals surface area contributed by atoms with Gasteiger partial charge in [-0.25, -0.2) is 4.98 Å². The molecule has 5 nitrogen and oxygen atoms in total. The van der Waals surface area contributed by atoms with Gasteiger partial charge in [-0.1, -0.05) is 17.7 Å². The minimum Gasteiger partial charge on any atom is -0.370 e. The minimum absolute atomic E-state index is 0.181. The van der Waals surface area contributed by atoms with Crippen molar-refractivity contribution in [2.45, 2.75) is 13.3 Å². The van der Waals surface area contributed by atoms with Crippen LogP contribution >= 0.6 is 11.6 Å². The molecule has 0 radical (unpaired) electrons. The number of benzene rings is 1. The SMILES string of the molecule is Cc1ccc(Cl)cc1NC(=O)c1ccnc(NCCCN(C)C)c1. The van der Waals surface area contributed by atoms with Gasteiger partial charge in [0.05, 0.1) is 0 Å². The Morgan fingerprint density at radius 2 is 2.04 bits per heavy atom. The fourth-order valence-corrected chi connectivity index (χ4v) is 2.38. The average molecular weight is 347 g/mol. The maximum atomic E-state index is 12.4. The Morgan fingerprint density at radius 1 is 1.25 bits per heavy atom. The Bertz CT molecular complexity index is 703. The predicted octanol–water partition coefficient (Wildman–Crippen LogP) is 3.66. The second kappa shape index (κ2) is 8.66. The number of hydrogen-bond donors (Lipinski definition) is 2. The number of amides is 1. The molecular formula is C18H23ClN4O. The summed E-state index contributed by atoms with van der Waals surface area (Å²) in [4.78, 5) is 18.8. The van der Waals surface area contributed by atoms with Crippen LogP contribution in [0.3, 0.4) is 0 Å². The zero-order chi connectivity index (χ0) is 17.5. The van der Waals surface area contributed by atoms with Crippen LogP contribution in [0.25, 0.3) is 0 Å². The van der Waals surface area contributed by atoms with Gasteiger partial charge in [-0.2, -0.15) is 0 Å². The number of hydrogen-bond acceptors (Lipinski definition) is 4. The Morgan fingerprint density at radius 3 is 2.79 bits per heavy atom. The average Bonchev–Trinajstić information content (AvgIpc) is 2.55. The van der Waals surface area contributed by atoms with Gasteiger partial charge in [-0.05, 0) is 63.8 Å². The molecule has 2 rings (SSSR count). The van der Waals surface area contributed by atoms with Gasteiger partial charge in [0, 0.05) is 29.0 Å². The summed E-state index contributed by atoms with van der Waals surface area (Å²) in [5.74, 6) is 0.517. The lowest BCUT2D eigenvalue weighted by Gasteiger charge is -2.11. The maximum Gasteiger partial charge on any atom is 0.255 e. The number of aryl methyl sites for hydroxylation is 1. The highest BCUT2D eigenvalue weighted by Gasteiger charge is 2.09. The van der Waals surface area contributed by atoms with Gasteiger partial charge in [0.15, 0.2) is 0 Å². The van der Waals surface area contributed by atoms with E-state index in [1.165, 1.54) is 0 Å². The fourth-order valence-electron chi connectivity index (χ4n) is 2.20. The van der Waals surface area contributed by atoms with Crippen molar-refractivity contribution in [3.8, 4) is 0 Å². The van der Waals surface area contributed by atoms with E-state index in [-0.39, 0.29) is 5.91 Å². The number of nitrogens with zero attached hydrogens (tertiary/aromatic N) is 2. The van der Waals surface area contributed by atoms with Crippen molar-refractivity contribution in [1.82, 2.24) is 9.88 Å². The quantitative estimate of drug-likeness (QED) is 0.751. The number of halogens is 1. The number of carbonyl (C=O) groups is 1. The molecule has 1 aromatic carbocycles. The second-order valence-electron chi connectivity index (χ2n) is 5.93. The molecule has 0 unspecified atom stereocenters. The number of aromatic nitrogens is 1. The van der Waals surface area contributed by atoms with Gasteiger partial charge in [0.2, 0.25) is 0 Å². The van der Waals surface area contributed by atoms with Gasteiger partial charge in [0.1, 0.15) is 5.82 Å². The molecular weight excluding hydrogens is 324 g/mol. The molecule has 0 aliphatic carbocycles. The fraction of sp³-hybridized carbons (Fsp3) is 0.333. The van der Waals surface area contributed by atoms with Crippen LogP contribution in [0.5, 0.6) is 0 Å². The van der Waals surface area contributed by atoms with Gasteiger partial charge in [-0.15, -0.1) is 0 Å². The highest BCUT2D eigenvalue weighted by molar-refractivity contribution is 6.31. The Kier molecular flexibility index (Phi) is 6.58. The first-order chi connectivity index (χ1) is 11.5. The summed E-state index contributed by atoms with van der Waals surface area (Å²) in [5, 5.41) is 6.72. The monoisotopic (exact) mass is 346 g/mol. The first-order valence-corrected chi connectivity index (χ1v) is 8.25. The molecule has 6 heteroatoms. The number of carbonyl (C=O) groups excluding carboxylic acids is 1. The third kappa shape index (κ3) is 5.51. The lowest BCUT2D eigenvalue weighted by Crippen LogP contribution is -2.17. The molecule has 0 spiro atoms. The van der Waals surface area contributed by atoms with E-state index < -0.39 is 0 Å². The Balaban J connectivity index is 1.99. The molecule has 0 saturated heterocycles. The zero-order valence-corrected chi connectivity index (χ0v) is 15.0. The van der Waals surface area contributed by atoms with Crippen molar-refractivity contribution in [1.29, 1.82) is 0 Å². The lowest BCUT2D eigenvalue weighted by molar-refractivity contribution is 0.102. The van der Waals surface area contributed by atoms with E-state index in [0.29, 0.717) is 22.1 Å². The first-order valence-electron chi connectivity index (χ1n) is 7.88. The van der Waals surface area contributed by atoms with Crippen LogP contribution in [0.2, 0.25) is 5.02 Å². The van der Waals surface area contributed by atoms with Crippen molar-refractivity contribution in [2.75, 3.05) is 37.8 Å². The third-order valence-electron chi connectivity index (χ3n) is 3.56. The van der Waals surface area contributed by atoms with Crippen LogP contribution in [-0.4, -0.2) is 43.0 Å². The van der Waals surface area contributed by atoms with Gasteiger partial charge >= 0.3 is 0 Å². The summed E-state index contributed by atoms with van der Waals surface area (Å²) in [5.41, 5.74) is 2.23. The smallest absolute Gasteiger partial charge is 0.255 e. The molecule has 0 saturated carbocycles. The van der Waals surface area contributed by atoms with Crippen LogP contribution in [0, 0.1) is 6.92 Å². The third-order valence-corrected chi connectivity index (χ3v) is 3.79. The topological polar surface area (TPSA) is 57.3 Å². The molecule has 128 valence electrons. The molecule has 0 atom stereocenters. The van der Waals surface area contributed by atoms with Crippen LogP contribution in [0.15, 0.2) is 36.5 Å². The molecule has 0 fully saturated rings. The van der Waals surface area contributed by atoms with Crippen molar-refractivity contribution in [3.05, 3.63) is 52.7 Å². The summed E-state index contributed by atoms with van der Waals surface area (Å²) in [6.45, 7) is 3.74. The predicted molar refractivity (Wildman–Crippen MR) is 100 cm³/mol. The normalized spacial score (nSPS) is 10.7. The highest BCUT2D eigenvalue weighted by Crippen LogP contribution is 2.21. The Hall–Kier alpha value is -2.11. The van der Waals surface area contributed by atoms with Crippen molar-refractivity contribution < 1.29 is 4.79 Å². The number of nitrogens with one attached hydrogen (secondary N) is 2. The summed E-state index contributed by atoms with van der Waals surface area (Å²) in [6.07, 6.45) is 2.64. The summed E-state index contributed by atoms with van der Waals surface area (Å²) >= 11 is 5.99. The molecule has 0 aliphatic heterocycles. The van der Waals surface area contributed by atoms with Crippen LogP contribution in [0.4, 0.5) is 11.5 Å². The van der Waals surface area contributed by atoms with Crippen molar-refractivity contribution >= 4 is 29.0 Å². The molecule has 1 amide bonds. The van der Waals surface area contributed by atoms with Crippen LogP contribution < -0.4 is 10.6 Å². The lowest BCUT2D eigenvalue weighted by atomic mass is 10.2. The van der Waals surface area contributed by atoms with E-state index in [9.17, 15) is 4.79 Å². The second-order valence-corrected chi connectivity index (χ2v) is 6.36. The van der Waals surface area contributed by atoms with Crippen molar-refractivity contribution in [2.24, 2.45) is 0 Å². The van der Waals surface area contributed by atoms with E-state index in [1.54, 1.807) is 30.5 Å². The zero-order valence-electron chi connectivity index (χ0n) is 14.3. The standard InChI is InChI=1S/C18H23ClN4O/c1-13-5-6-15(19)12-16(13)22-18(24)14-7-9-21-17(11-14)20-8-4-10-23(2)3/h5-7,9,11-12H,4,8,10H2,1-3H3,(H,20,21)(H,22,24). The van der Waals surface area contributed by atoms with E-state index >= 15 is 0 Å². The molecule has 2 aromatic rings. The molecule has 0 aliphatic rings. The molecule has 0 bridgehead atoms. The van der Waals surface area contributed by atoms with Crippen LogP contribution in [-0.2, 0) is 0 Å². The highest BCUT2D eigenvalue weighted by atomic mass is 35.5. The van der Waals surface area contributed by atoms with Crippen molar-refractivity contribution in [3.63, 3.8) is 0 Å². The van der Waals surface area contributed by atoms with Crippen LogP contribution in [0.1, 0.15) is 22.3 Å². The van der Waals surface area contributed by atoms with Gasteiger partial charge in [-0.3, -0.25) is 4.79 Å². The summed E-state index contributed by atoms with van der Waals surface area (Å²) in [6, 6.07) is 8.87. The molecule has 2 N–H and O–H groups in total. The van der Waals surface area contributed by atoms with E-state index in [0.717, 1.165) is 25.1 Å². The first kappa shape index (κ1) is 18.2. The summed E-state index contributed by atoms with van der Waals surface area (Å²) < 4.78 is 0. The van der Waals surface area contributed by atoms with Gasteiger partial charge in [0.25, 0.3) is 5.91 Å². The van der Waals surface area contributed by atoms with Gasteiger partial charge < -0.3 is 15.5 Å².